The molecule has 1 aliphatic carbocycles. The average molecular weight is 1050 g/mol. The molecule has 13 heteroatoms. The highest BCUT2D eigenvalue weighted by molar-refractivity contribution is 6.10. The Labute approximate surface area is 441 Å². The lowest BCUT2D eigenvalue weighted by atomic mass is 9.68. The van der Waals surface area contributed by atoms with Crippen LogP contribution in [0.3, 0.4) is 0 Å². The number of carbonyl (C=O) groups is 2. The van der Waals surface area contributed by atoms with Crippen molar-refractivity contribution in [3.8, 4) is 39.9 Å². The van der Waals surface area contributed by atoms with Gasteiger partial charge in [-0.15, -0.1) is 0 Å². The predicted molar refractivity (Wildman–Crippen MR) is 278 cm³/mol. The summed E-state index contributed by atoms with van der Waals surface area (Å²) >= 11 is 0. The monoisotopic (exact) mass is 1050 g/mol. The Bertz CT molecular complexity index is 3450. The molecule has 0 bridgehead atoms. The second-order valence-corrected chi connectivity index (χ2v) is 20.1. The molecule has 5 nitrogen and oxygen atoms in total. The molecule has 0 fully saturated rings. The summed E-state index contributed by atoms with van der Waals surface area (Å²) in [6, 6.07) is 39.6. The van der Waals surface area contributed by atoms with E-state index in [4.69, 9.17) is 14.2 Å². The summed E-state index contributed by atoms with van der Waals surface area (Å²) in [5.41, 5.74) is -1.22. The first kappa shape index (κ1) is 53.8. The summed E-state index contributed by atoms with van der Waals surface area (Å²) < 4.78 is 142. The number of ketones is 2. The minimum absolute atomic E-state index is 0.0392. The maximum Gasteiger partial charge on any atom is 0.205 e. The fraction of sp³-hybridized carbons (Fsp3) is 0.219. The Morgan fingerprint density at radius 1 is 0.442 bits per heavy atom. The highest BCUT2D eigenvalue weighted by Gasteiger charge is 2.46. The molecular formula is C64H52F8O5. The molecule has 0 amide bonds. The zero-order valence-corrected chi connectivity index (χ0v) is 43.0. The maximum atomic E-state index is 15.9. The molecule has 0 aromatic heterocycles. The molecule has 0 saturated carbocycles. The molecule has 0 heterocycles. The number of hydrogen-bond acceptors (Lipinski definition) is 5. The predicted octanol–water partition coefficient (Wildman–Crippen LogP) is 17.6. The summed E-state index contributed by atoms with van der Waals surface area (Å²) in [6.07, 6.45) is 3.36. The van der Waals surface area contributed by atoms with E-state index in [0.717, 1.165) is 82.7 Å². The Kier molecular flexibility index (Phi) is 14.8. The lowest BCUT2D eigenvalue weighted by molar-refractivity contribution is 0.0740. The average Bonchev–Trinajstić information content (AvgIpc) is 3.79. The van der Waals surface area contributed by atoms with Crippen LogP contribution in [0, 0.1) is 46.5 Å². The molecule has 1 unspecified atom stereocenters. The van der Waals surface area contributed by atoms with Gasteiger partial charge in [0.2, 0.25) is 17.4 Å². The van der Waals surface area contributed by atoms with E-state index < -0.39 is 91.4 Å². The highest BCUT2D eigenvalue weighted by Crippen LogP contribution is 2.56. The van der Waals surface area contributed by atoms with E-state index in [9.17, 15) is 9.59 Å². The van der Waals surface area contributed by atoms with Gasteiger partial charge in [-0.1, -0.05) is 120 Å². The van der Waals surface area contributed by atoms with Crippen LogP contribution in [-0.4, -0.2) is 17.2 Å². The number of benzene rings is 8. The zero-order chi connectivity index (χ0) is 55.1. The van der Waals surface area contributed by atoms with E-state index in [1.54, 1.807) is 19.1 Å². The number of halogens is 8. The number of rotatable bonds is 18. The van der Waals surface area contributed by atoms with Gasteiger partial charge in [-0.05, 0) is 138 Å². The lowest BCUT2D eigenvalue weighted by Crippen LogP contribution is -2.31. The van der Waals surface area contributed by atoms with E-state index in [0.29, 0.717) is 6.42 Å². The second-order valence-electron chi connectivity index (χ2n) is 20.1. The van der Waals surface area contributed by atoms with Crippen molar-refractivity contribution in [2.24, 2.45) is 0 Å². The first-order valence-electron chi connectivity index (χ1n) is 25.3. The number of hydrogen-bond donors (Lipinski definition) is 0. The van der Waals surface area contributed by atoms with Crippen LogP contribution >= 0.6 is 0 Å². The third kappa shape index (κ3) is 9.54. The molecule has 0 saturated heterocycles. The molecule has 0 radical (unpaired) electrons. The van der Waals surface area contributed by atoms with Crippen molar-refractivity contribution < 1.29 is 58.9 Å². The molecule has 394 valence electrons. The Morgan fingerprint density at radius 2 is 0.818 bits per heavy atom. The molecule has 0 N–H and O–H groups in total. The van der Waals surface area contributed by atoms with Crippen LogP contribution in [0.4, 0.5) is 35.1 Å². The van der Waals surface area contributed by atoms with Crippen molar-refractivity contribution in [3.63, 3.8) is 0 Å². The molecule has 8 aromatic carbocycles. The number of ether oxygens (including phenoxy) is 3. The standard InChI is InChI=1S/C64H52F8O5/c1-7-34-62(4,5)50-55(69)51(65)48(52(66)56(50)70)59(73)36-18-26-40(27-19-36)75-41-28-20-37(21-29-41)60(74)49-53(67)57(71)61(58(72)54(49)68)76-42-30-22-38(23-31-42)64(39-24-32-43(33-25-39)77-63(6,9-3)35-8-2)46-16-12-10-14-44(46)45-15-11-13-17-47(45)64/h10-33H,7-9,34-35H2,1-6H3. The lowest BCUT2D eigenvalue weighted by Gasteiger charge is -2.34. The van der Waals surface area contributed by atoms with Crippen LogP contribution in [0.5, 0.6) is 28.7 Å². The summed E-state index contributed by atoms with van der Waals surface area (Å²) in [6.45, 7) is 10.9. The molecule has 9 rings (SSSR count). The van der Waals surface area contributed by atoms with Gasteiger partial charge in [0, 0.05) is 16.7 Å². The van der Waals surface area contributed by atoms with Crippen molar-refractivity contribution in [2.75, 3.05) is 0 Å². The first-order chi connectivity index (χ1) is 36.8. The number of carbonyl (C=O) groups excluding carboxylic acids is 2. The minimum Gasteiger partial charge on any atom is -0.488 e. The summed E-state index contributed by atoms with van der Waals surface area (Å²) in [5, 5.41) is 0. The summed E-state index contributed by atoms with van der Waals surface area (Å²) in [4.78, 5) is 26.7. The molecular weight excluding hydrogens is 1000 g/mol. The fourth-order valence-electron chi connectivity index (χ4n) is 10.7. The second kappa shape index (κ2) is 21.2. The summed E-state index contributed by atoms with van der Waals surface area (Å²) in [5.74, 6) is -18.3. The first-order valence-corrected chi connectivity index (χ1v) is 25.3. The molecule has 8 aromatic rings. The quantitative estimate of drug-likeness (QED) is 0.0487. The summed E-state index contributed by atoms with van der Waals surface area (Å²) in [7, 11) is 0. The largest absolute Gasteiger partial charge is 0.488 e. The molecule has 0 aliphatic heterocycles. The van der Waals surface area contributed by atoms with Crippen molar-refractivity contribution in [1.29, 1.82) is 0 Å². The molecule has 1 atom stereocenters. The van der Waals surface area contributed by atoms with Crippen molar-refractivity contribution in [3.05, 3.63) is 242 Å². The SMILES string of the molecule is CCCC(C)(CC)Oc1ccc(C2(c3ccc(Oc4c(F)c(F)c(C(=O)c5ccc(Oc6ccc(C(=O)c7c(F)c(F)c(C(C)(C)CCC)c(F)c7F)cc6)cc5)c(F)c4F)cc3)c3ccccc3-c3ccccc32)cc1. The van der Waals surface area contributed by atoms with Gasteiger partial charge in [-0.2, -0.15) is 8.78 Å². The van der Waals surface area contributed by atoms with Gasteiger partial charge < -0.3 is 14.2 Å². The van der Waals surface area contributed by atoms with Gasteiger partial charge in [-0.3, -0.25) is 9.59 Å². The van der Waals surface area contributed by atoms with Crippen LogP contribution in [0.25, 0.3) is 11.1 Å². The third-order valence-corrected chi connectivity index (χ3v) is 14.6. The van der Waals surface area contributed by atoms with Crippen molar-refractivity contribution in [2.45, 2.75) is 90.1 Å². The van der Waals surface area contributed by atoms with E-state index in [1.807, 2.05) is 48.5 Å². The zero-order valence-electron chi connectivity index (χ0n) is 43.0. The van der Waals surface area contributed by atoms with Crippen LogP contribution in [0.1, 0.15) is 133 Å². The van der Waals surface area contributed by atoms with E-state index in [-0.39, 0.29) is 40.4 Å². The van der Waals surface area contributed by atoms with Crippen molar-refractivity contribution >= 4 is 11.6 Å². The molecule has 77 heavy (non-hydrogen) atoms. The van der Waals surface area contributed by atoms with Gasteiger partial charge in [0.05, 0.1) is 5.41 Å². The Balaban J connectivity index is 0.937. The topological polar surface area (TPSA) is 61.8 Å². The number of fused-ring (bicyclic) bond motifs is 3. The Hall–Kier alpha value is -8.06. The van der Waals surface area contributed by atoms with Gasteiger partial charge >= 0.3 is 0 Å². The molecule has 1 aliphatic rings. The smallest absolute Gasteiger partial charge is 0.205 e. The third-order valence-electron chi connectivity index (χ3n) is 14.6. The minimum atomic E-state index is -1.99. The fourth-order valence-corrected chi connectivity index (χ4v) is 10.7. The maximum absolute atomic E-state index is 15.9. The van der Waals surface area contributed by atoms with E-state index in [2.05, 4.69) is 45.0 Å². The van der Waals surface area contributed by atoms with Gasteiger partial charge in [-0.25, -0.2) is 26.3 Å². The molecule has 0 spiro atoms. The van der Waals surface area contributed by atoms with Gasteiger partial charge in [0.15, 0.2) is 46.5 Å². The van der Waals surface area contributed by atoms with E-state index >= 15 is 35.1 Å². The highest BCUT2D eigenvalue weighted by atomic mass is 19.2. The van der Waals surface area contributed by atoms with Gasteiger partial charge in [0.1, 0.15) is 39.7 Å². The van der Waals surface area contributed by atoms with Crippen LogP contribution in [0.15, 0.2) is 146 Å². The van der Waals surface area contributed by atoms with Crippen LogP contribution in [-0.2, 0) is 10.8 Å². The normalized spacial score (nSPS) is 13.4. The van der Waals surface area contributed by atoms with Crippen LogP contribution in [0.2, 0.25) is 0 Å². The van der Waals surface area contributed by atoms with Crippen molar-refractivity contribution in [1.82, 2.24) is 0 Å². The van der Waals surface area contributed by atoms with Gasteiger partial charge in [0.25, 0.3) is 0 Å². The van der Waals surface area contributed by atoms with E-state index in [1.165, 1.54) is 50.2 Å². The Morgan fingerprint density at radius 3 is 1.23 bits per heavy atom. The van der Waals surface area contributed by atoms with Crippen LogP contribution < -0.4 is 14.2 Å².